The van der Waals surface area contributed by atoms with E-state index < -0.39 is 16.0 Å². The average Bonchev–Trinajstić information content (AvgIpc) is 2.66. The third-order valence-electron chi connectivity index (χ3n) is 3.89. The summed E-state index contributed by atoms with van der Waals surface area (Å²) in [5.74, 6) is 0.354. The van der Waals surface area contributed by atoms with Gasteiger partial charge in [0, 0.05) is 12.2 Å². The molecule has 0 aliphatic rings. The summed E-state index contributed by atoms with van der Waals surface area (Å²) in [4.78, 5) is 12.2. The number of benzene rings is 2. The van der Waals surface area contributed by atoms with Gasteiger partial charge in [-0.25, -0.2) is 13.2 Å². The third-order valence-corrected chi connectivity index (χ3v) is 5.31. The van der Waals surface area contributed by atoms with E-state index in [9.17, 15) is 13.2 Å². The molecular formula is C21H28N2O5S. The van der Waals surface area contributed by atoms with Gasteiger partial charge in [0.25, 0.3) is 10.0 Å². The number of carbonyl (C=O) groups is 1. The Hall–Kier alpha value is -2.74. The average molecular weight is 421 g/mol. The molecule has 7 nitrogen and oxygen atoms in total. The van der Waals surface area contributed by atoms with Gasteiger partial charge in [-0.1, -0.05) is 13.8 Å². The van der Waals surface area contributed by atoms with E-state index in [0.717, 1.165) is 0 Å². The van der Waals surface area contributed by atoms with Gasteiger partial charge in [-0.3, -0.25) is 4.72 Å². The normalized spacial score (nSPS) is 11.4. The van der Waals surface area contributed by atoms with Crippen LogP contribution in [0, 0.1) is 5.92 Å². The fraction of sp³-hybridized carbons (Fsp3) is 0.381. The number of rotatable bonds is 9. The molecule has 0 aromatic heterocycles. The lowest BCUT2D eigenvalue weighted by Crippen LogP contribution is -2.19. The van der Waals surface area contributed by atoms with E-state index in [1.54, 1.807) is 50.2 Å². The maximum atomic E-state index is 13.1. The van der Waals surface area contributed by atoms with Crippen LogP contribution in [0.2, 0.25) is 0 Å². The van der Waals surface area contributed by atoms with E-state index >= 15 is 0 Å². The first-order chi connectivity index (χ1) is 13.6. The summed E-state index contributed by atoms with van der Waals surface area (Å²) in [6.45, 7) is 8.09. The maximum absolute atomic E-state index is 13.1. The molecule has 0 bridgehead atoms. The summed E-state index contributed by atoms with van der Waals surface area (Å²) in [5, 5.41) is 3.14. The van der Waals surface area contributed by atoms with Gasteiger partial charge in [0.2, 0.25) is 0 Å². The zero-order valence-corrected chi connectivity index (χ0v) is 18.2. The molecular weight excluding hydrogens is 392 g/mol. The molecule has 29 heavy (non-hydrogen) atoms. The first-order valence-corrected chi connectivity index (χ1v) is 10.9. The molecule has 0 aliphatic heterocycles. The monoisotopic (exact) mass is 420 g/mol. The molecule has 8 heteroatoms. The van der Waals surface area contributed by atoms with Crippen molar-refractivity contribution in [3.63, 3.8) is 0 Å². The van der Waals surface area contributed by atoms with Gasteiger partial charge in [-0.05, 0) is 62.2 Å². The van der Waals surface area contributed by atoms with Crippen LogP contribution in [0.5, 0.6) is 5.75 Å². The topological polar surface area (TPSA) is 93.7 Å². The second-order valence-electron chi connectivity index (χ2n) is 7.27. The van der Waals surface area contributed by atoms with Gasteiger partial charge in [0.1, 0.15) is 10.6 Å². The van der Waals surface area contributed by atoms with Crippen LogP contribution in [-0.2, 0) is 14.8 Å². The molecule has 2 rings (SSSR count). The highest BCUT2D eigenvalue weighted by atomic mass is 32.2. The summed E-state index contributed by atoms with van der Waals surface area (Å²) < 4.78 is 39.0. The number of ether oxygens (including phenoxy) is 2. The SMILES string of the molecule is COc1ccc(NS(=O)(=O)c2cc(C(=O)OC(C)C)ccc2NCC(C)C)cc1. The standard InChI is InChI=1S/C21H28N2O5S/c1-14(2)13-22-19-11-6-16(21(24)28-15(3)4)12-20(19)29(25,26)23-17-7-9-18(27-5)10-8-17/h6-12,14-15,22-23H,13H2,1-5H3. The molecule has 2 aromatic carbocycles. The van der Waals surface area contributed by atoms with Crippen LogP contribution < -0.4 is 14.8 Å². The Morgan fingerprint density at radius 1 is 1.03 bits per heavy atom. The Labute approximate surface area is 172 Å². The van der Waals surface area contributed by atoms with E-state index in [0.29, 0.717) is 29.6 Å². The van der Waals surface area contributed by atoms with Crippen molar-refractivity contribution in [1.82, 2.24) is 0 Å². The molecule has 2 N–H and O–H groups in total. The Balaban J connectivity index is 2.41. The van der Waals surface area contributed by atoms with Crippen LogP contribution in [-0.4, -0.2) is 34.1 Å². The van der Waals surface area contributed by atoms with Crippen molar-refractivity contribution in [3.05, 3.63) is 48.0 Å². The second-order valence-corrected chi connectivity index (χ2v) is 8.92. The molecule has 0 spiro atoms. The highest BCUT2D eigenvalue weighted by molar-refractivity contribution is 7.92. The van der Waals surface area contributed by atoms with Crippen molar-refractivity contribution in [1.29, 1.82) is 0 Å². The lowest BCUT2D eigenvalue weighted by Gasteiger charge is -2.17. The van der Waals surface area contributed by atoms with Crippen LogP contribution >= 0.6 is 0 Å². The summed E-state index contributed by atoms with van der Waals surface area (Å²) in [6.07, 6.45) is -0.307. The molecule has 158 valence electrons. The third kappa shape index (κ3) is 6.39. The molecule has 0 radical (unpaired) electrons. The molecule has 0 fully saturated rings. The predicted molar refractivity (Wildman–Crippen MR) is 114 cm³/mol. The lowest BCUT2D eigenvalue weighted by atomic mass is 10.2. The molecule has 0 aliphatic carbocycles. The van der Waals surface area contributed by atoms with Crippen molar-refractivity contribution in [2.75, 3.05) is 23.7 Å². The van der Waals surface area contributed by atoms with Crippen LogP contribution in [0.1, 0.15) is 38.1 Å². The largest absolute Gasteiger partial charge is 0.497 e. The quantitative estimate of drug-likeness (QED) is 0.593. The zero-order valence-electron chi connectivity index (χ0n) is 17.4. The van der Waals surface area contributed by atoms with Crippen molar-refractivity contribution in [3.8, 4) is 5.75 Å². The predicted octanol–water partition coefficient (Wildman–Crippen LogP) is 4.13. The minimum absolute atomic E-state index is 0.0211. The molecule has 2 aromatic rings. The van der Waals surface area contributed by atoms with Crippen molar-refractivity contribution < 1.29 is 22.7 Å². The highest BCUT2D eigenvalue weighted by Gasteiger charge is 2.22. The van der Waals surface area contributed by atoms with Crippen molar-refractivity contribution >= 4 is 27.4 Å². The van der Waals surface area contributed by atoms with Gasteiger partial charge in [-0.2, -0.15) is 0 Å². The number of esters is 1. The van der Waals surface area contributed by atoms with Gasteiger partial charge < -0.3 is 14.8 Å². The number of anilines is 2. The van der Waals surface area contributed by atoms with E-state index in [4.69, 9.17) is 9.47 Å². The molecule has 0 unspecified atom stereocenters. The number of nitrogens with one attached hydrogen (secondary N) is 2. The lowest BCUT2D eigenvalue weighted by molar-refractivity contribution is 0.0377. The second kappa shape index (κ2) is 9.65. The fourth-order valence-electron chi connectivity index (χ4n) is 2.48. The summed E-state index contributed by atoms with van der Waals surface area (Å²) in [6, 6.07) is 11.0. The van der Waals surface area contributed by atoms with E-state index in [1.165, 1.54) is 13.2 Å². The van der Waals surface area contributed by atoms with Gasteiger partial charge >= 0.3 is 5.97 Å². The fourth-order valence-corrected chi connectivity index (χ4v) is 3.75. The van der Waals surface area contributed by atoms with Crippen LogP contribution in [0.25, 0.3) is 0 Å². The molecule has 0 heterocycles. The first kappa shape index (κ1) is 22.5. The first-order valence-electron chi connectivity index (χ1n) is 9.38. The van der Waals surface area contributed by atoms with Crippen molar-refractivity contribution in [2.45, 2.75) is 38.7 Å². The minimum Gasteiger partial charge on any atom is -0.497 e. The number of hydrogen-bond donors (Lipinski definition) is 2. The number of carbonyl (C=O) groups excluding carboxylic acids is 1. The smallest absolute Gasteiger partial charge is 0.338 e. The van der Waals surface area contributed by atoms with Crippen LogP contribution in [0.15, 0.2) is 47.4 Å². The van der Waals surface area contributed by atoms with Gasteiger partial charge in [0.15, 0.2) is 0 Å². The minimum atomic E-state index is -3.96. The molecule has 0 amide bonds. The van der Waals surface area contributed by atoms with Crippen LogP contribution in [0.3, 0.4) is 0 Å². The van der Waals surface area contributed by atoms with E-state index in [2.05, 4.69) is 10.0 Å². The van der Waals surface area contributed by atoms with E-state index in [1.807, 2.05) is 13.8 Å². The van der Waals surface area contributed by atoms with E-state index in [-0.39, 0.29) is 16.6 Å². The maximum Gasteiger partial charge on any atom is 0.338 e. The Bertz CT molecular complexity index is 938. The zero-order chi connectivity index (χ0) is 21.6. The number of hydrogen-bond acceptors (Lipinski definition) is 6. The molecule has 0 atom stereocenters. The number of methoxy groups -OCH3 is 1. The Morgan fingerprint density at radius 3 is 2.24 bits per heavy atom. The van der Waals surface area contributed by atoms with Gasteiger partial charge in [-0.15, -0.1) is 0 Å². The summed E-state index contributed by atoms with van der Waals surface area (Å²) >= 11 is 0. The molecule has 0 saturated heterocycles. The molecule has 0 saturated carbocycles. The Kier molecular flexibility index (Phi) is 7.50. The highest BCUT2D eigenvalue weighted by Crippen LogP contribution is 2.27. The summed E-state index contributed by atoms with van der Waals surface area (Å²) in [5.41, 5.74) is 0.973. The van der Waals surface area contributed by atoms with Crippen LogP contribution in [0.4, 0.5) is 11.4 Å². The Morgan fingerprint density at radius 2 is 1.69 bits per heavy atom. The number of sulfonamides is 1. The van der Waals surface area contributed by atoms with Gasteiger partial charge in [0.05, 0.1) is 24.5 Å². The summed E-state index contributed by atoms with van der Waals surface area (Å²) in [7, 11) is -2.42. The van der Waals surface area contributed by atoms with Crippen molar-refractivity contribution in [2.24, 2.45) is 5.92 Å².